The van der Waals surface area contributed by atoms with E-state index in [4.69, 9.17) is 10.5 Å². The quantitative estimate of drug-likeness (QED) is 0.640. The minimum atomic E-state index is -0.496. The van der Waals surface area contributed by atoms with Crippen LogP contribution < -0.4 is 10.5 Å². The predicted molar refractivity (Wildman–Crippen MR) is 42.0 cm³/mol. The van der Waals surface area contributed by atoms with Gasteiger partial charge in [-0.25, -0.2) is 4.98 Å². The minimum Gasteiger partial charge on any atom is -0.491 e. The van der Waals surface area contributed by atoms with Gasteiger partial charge in [-0.2, -0.15) is 0 Å². The second-order valence-corrected chi connectivity index (χ2v) is 2.60. The highest BCUT2D eigenvalue weighted by Gasteiger charge is 2.14. The summed E-state index contributed by atoms with van der Waals surface area (Å²) in [7, 11) is 0. The van der Waals surface area contributed by atoms with E-state index in [0.29, 0.717) is 12.3 Å². The molecule has 0 radical (unpaired) electrons. The first kappa shape index (κ1) is 7.09. The summed E-state index contributed by atoms with van der Waals surface area (Å²) < 4.78 is 5.22. The van der Waals surface area contributed by atoms with Gasteiger partial charge in [0, 0.05) is 6.42 Å². The van der Waals surface area contributed by atoms with Crippen molar-refractivity contribution in [1.82, 2.24) is 4.98 Å². The molecule has 2 rings (SSSR count). The molecule has 4 heteroatoms. The third-order valence-corrected chi connectivity index (χ3v) is 1.78. The number of ether oxygens (including phenoxy) is 1. The zero-order valence-corrected chi connectivity index (χ0v) is 6.41. The summed E-state index contributed by atoms with van der Waals surface area (Å²) in [6, 6.07) is 3.31. The fourth-order valence-electron chi connectivity index (χ4n) is 1.19. The van der Waals surface area contributed by atoms with Crippen LogP contribution in [0.1, 0.15) is 16.2 Å². The van der Waals surface area contributed by atoms with Crippen molar-refractivity contribution in [3.8, 4) is 5.75 Å². The summed E-state index contributed by atoms with van der Waals surface area (Å²) >= 11 is 0. The molecule has 1 amide bonds. The number of amides is 1. The summed E-state index contributed by atoms with van der Waals surface area (Å²) in [6.07, 6.45) is 0.760. The van der Waals surface area contributed by atoms with E-state index in [1.165, 1.54) is 0 Å². The number of carbonyl (C=O) groups excluding carboxylic acids is 1. The number of aromatic nitrogens is 1. The van der Waals surface area contributed by atoms with Crippen LogP contribution >= 0.6 is 0 Å². The van der Waals surface area contributed by atoms with Crippen molar-refractivity contribution in [2.45, 2.75) is 6.42 Å². The Balaban J connectivity index is 2.45. The molecule has 0 unspecified atom stereocenters. The molecule has 0 spiro atoms. The molecule has 2 heterocycles. The van der Waals surface area contributed by atoms with Crippen molar-refractivity contribution < 1.29 is 9.53 Å². The Morgan fingerprint density at radius 1 is 1.58 bits per heavy atom. The maximum Gasteiger partial charge on any atom is 0.267 e. The molecule has 2 N–H and O–H groups in total. The lowest BCUT2D eigenvalue weighted by Crippen LogP contribution is -2.13. The summed E-state index contributed by atoms with van der Waals surface area (Å²) in [4.78, 5) is 14.8. The summed E-state index contributed by atoms with van der Waals surface area (Å²) in [6.45, 7) is 0.643. The molecule has 1 aromatic heterocycles. The van der Waals surface area contributed by atoms with Gasteiger partial charge in [0.2, 0.25) is 0 Å². The average Bonchev–Trinajstić information content (AvgIpc) is 2.49. The van der Waals surface area contributed by atoms with Gasteiger partial charge in [-0.3, -0.25) is 4.79 Å². The molecule has 0 aromatic carbocycles. The molecule has 62 valence electrons. The lowest BCUT2D eigenvalue weighted by molar-refractivity contribution is 0.0995. The van der Waals surface area contributed by atoms with E-state index in [1.807, 2.05) is 0 Å². The Morgan fingerprint density at radius 2 is 2.42 bits per heavy atom. The van der Waals surface area contributed by atoms with Crippen LogP contribution in [-0.4, -0.2) is 17.5 Å². The maximum atomic E-state index is 10.7. The SMILES string of the molecule is NC(=O)c1ccc2c(n1)CCO2. The van der Waals surface area contributed by atoms with Gasteiger partial charge in [-0.1, -0.05) is 0 Å². The molecule has 1 aliphatic heterocycles. The number of primary amides is 1. The standard InChI is InChI=1S/C8H8N2O2/c9-8(11)6-1-2-7-5(10-6)3-4-12-7/h1-2H,3-4H2,(H2,9,11). The van der Waals surface area contributed by atoms with Crippen molar-refractivity contribution in [1.29, 1.82) is 0 Å². The zero-order chi connectivity index (χ0) is 8.55. The molecule has 0 saturated heterocycles. The average molecular weight is 164 g/mol. The third-order valence-electron chi connectivity index (χ3n) is 1.78. The highest BCUT2D eigenvalue weighted by atomic mass is 16.5. The molecule has 0 saturated carbocycles. The van der Waals surface area contributed by atoms with Gasteiger partial charge in [-0.05, 0) is 12.1 Å². The highest BCUT2D eigenvalue weighted by Crippen LogP contribution is 2.22. The zero-order valence-electron chi connectivity index (χ0n) is 6.41. The van der Waals surface area contributed by atoms with Crippen LogP contribution in [0.3, 0.4) is 0 Å². The normalized spacial score (nSPS) is 13.7. The Labute approximate surface area is 69.4 Å². The van der Waals surface area contributed by atoms with E-state index in [0.717, 1.165) is 17.9 Å². The van der Waals surface area contributed by atoms with Crippen LogP contribution in [0, 0.1) is 0 Å². The molecule has 1 aliphatic rings. The van der Waals surface area contributed by atoms with E-state index in [1.54, 1.807) is 12.1 Å². The molecule has 0 bridgehead atoms. The number of nitrogens with zero attached hydrogens (tertiary/aromatic N) is 1. The van der Waals surface area contributed by atoms with E-state index in [9.17, 15) is 4.79 Å². The van der Waals surface area contributed by atoms with E-state index in [2.05, 4.69) is 4.98 Å². The lowest BCUT2D eigenvalue weighted by atomic mass is 10.2. The molecular formula is C8H8N2O2. The molecule has 4 nitrogen and oxygen atoms in total. The van der Waals surface area contributed by atoms with Crippen LogP contribution in [0.15, 0.2) is 12.1 Å². The van der Waals surface area contributed by atoms with E-state index in [-0.39, 0.29) is 0 Å². The number of pyridine rings is 1. The number of carbonyl (C=O) groups is 1. The van der Waals surface area contributed by atoms with Gasteiger partial charge in [0.25, 0.3) is 5.91 Å². The van der Waals surface area contributed by atoms with Crippen molar-refractivity contribution in [2.75, 3.05) is 6.61 Å². The summed E-state index contributed by atoms with van der Waals surface area (Å²) in [5, 5.41) is 0. The fourth-order valence-corrected chi connectivity index (χ4v) is 1.19. The Bertz CT molecular complexity index is 336. The number of hydrogen-bond donors (Lipinski definition) is 1. The Hall–Kier alpha value is -1.58. The first-order chi connectivity index (χ1) is 5.77. The summed E-state index contributed by atoms with van der Waals surface area (Å²) in [5.41, 5.74) is 6.20. The Morgan fingerprint density at radius 3 is 3.17 bits per heavy atom. The van der Waals surface area contributed by atoms with Gasteiger partial charge < -0.3 is 10.5 Å². The van der Waals surface area contributed by atoms with E-state index < -0.39 is 5.91 Å². The van der Waals surface area contributed by atoms with Gasteiger partial charge >= 0.3 is 0 Å². The van der Waals surface area contributed by atoms with E-state index >= 15 is 0 Å². The molecule has 1 aromatic rings. The highest BCUT2D eigenvalue weighted by molar-refractivity contribution is 5.90. The monoisotopic (exact) mass is 164 g/mol. The second kappa shape index (κ2) is 2.48. The van der Waals surface area contributed by atoms with Crippen molar-refractivity contribution in [3.05, 3.63) is 23.5 Å². The number of nitrogens with two attached hydrogens (primary N) is 1. The van der Waals surface area contributed by atoms with Crippen LogP contribution in [-0.2, 0) is 6.42 Å². The lowest BCUT2D eigenvalue weighted by Gasteiger charge is -1.98. The maximum absolute atomic E-state index is 10.7. The number of hydrogen-bond acceptors (Lipinski definition) is 3. The molecule has 0 atom stereocenters. The minimum absolute atomic E-state index is 0.305. The molecule has 12 heavy (non-hydrogen) atoms. The topological polar surface area (TPSA) is 65.2 Å². The fraction of sp³-hybridized carbons (Fsp3) is 0.250. The van der Waals surface area contributed by atoms with Crippen LogP contribution in [0.25, 0.3) is 0 Å². The van der Waals surface area contributed by atoms with Crippen molar-refractivity contribution >= 4 is 5.91 Å². The first-order valence-electron chi connectivity index (χ1n) is 3.70. The summed E-state index contributed by atoms with van der Waals surface area (Å²) in [5.74, 6) is 0.268. The third kappa shape index (κ3) is 1.01. The van der Waals surface area contributed by atoms with Gasteiger partial charge in [0.15, 0.2) is 0 Å². The smallest absolute Gasteiger partial charge is 0.267 e. The van der Waals surface area contributed by atoms with Crippen LogP contribution in [0.4, 0.5) is 0 Å². The number of rotatable bonds is 1. The van der Waals surface area contributed by atoms with Gasteiger partial charge in [0.1, 0.15) is 11.4 Å². The van der Waals surface area contributed by atoms with Crippen LogP contribution in [0.5, 0.6) is 5.75 Å². The Kier molecular flexibility index (Phi) is 1.46. The van der Waals surface area contributed by atoms with Crippen molar-refractivity contribution in [2.24, 2.45) is 5.73 Å². The number of fused-ring (bicyclic) bond motifs is 1. The second-order valence-electron chi connectivity index (χ2n) is 2.60. The molecule has 0 aliphatic carbocycles. The predicted octanol–water partition coefficient (Wildman–Crippen LogP) is 0.115. The van der Waals surface area contributed by atoms with Crippen LogP contribution in [0.2, 0.25) is 0 Å². The molecular weight excluding hydrogens is 156 g/mol. The largest absolute Gasteiger partial charge is 0.491 e. The molecule has 0 fully saturated rings. The van der Waals surface area contributed by atoms with Gasteiger partial charge in [0.05, 0.1) is 12.3 Å². The van der Waals surface area contributed by atoms with Gasteiger partial charge in [-0.15, -0.1) is 0 Å². The first-order valence-corrected chi connectivity index (χ1v) is 3.70. The van der Waals surface area contributed by atoms with Crippen molar-refractivity contribution in [3.63, 3.8) is 0 Å².